The van der Waals surface area contributed by atoms with Crippen molar-refractivity contribution in [2.45, 2.75) is 43.8 Å². The van der Waals surface area contributed by atoms with E-state index in [4.69, 9.17) is 4.74 Å². The fourth-order valence-electron chi connectivity index (χ4n) is 2.51. The number of halogens is 3. The molecule has 2 heterocycles. The first-order valence-electron chi connectivity index (χ1n) is 7.01. The van der Waals surface area contributed by atoms with E-state index in [9.17, 15) is 21.6 Å². The van der Waals surface area contributed by atoms with E-state index in [-0.39, 0.29) is 30.5 Å². The van der Waals surface area contributed by atoms with E-state index in [1.54, 1.807) is 0 Å². The molecule has 0 unspecified atom stereocenters. The number of ether oxygens (including phenoxy) is 1. The average molecular weight is 339 g/mol. The Bertz CT molecular complexity index is 665. The lowest BCUT2D eigenvalue weighted by Gasteiger charge is -2.15. The Morgan fingerprint density at radius 1 is 1.36 bits per heavy atom. The second-order valence-corrected chi connectivity index (χ2v) is 7.48. The minimum absolute atomic E-state index is 0.0328. The van der Waals surface area contributed by atoms with E-state index in [0.29, 0.717) is 31.6 Å². The zero-order valence-corrected chi connectivity index (χ0v) is 12.5. The molecular weight excluding hydrogens is 323 g/mol. The molecular formula is C12H16F3N3O3S. The Morgan fingerprint density at radius 2 is 2.09 bits per heavy atom. The highest BCUT2D eigenvalue weighted by Crippen LogP contribution is 2.34. The van der Waals surface area contributed by atoms with Crippen molar-refractivity contribution >= 4 is 10.0 Å². The third-order valence-corrected chi connectivity index (χ3v) is 5.71. The Morgan fingerprint density at radius 3 is 2.73 bits per heavy atom. The van der Waals surface area contributed by atoms with E-state index in [2.05, 4.69) is 9.82 Å². The molecule has 22 heavy (non-hydrogen) atoms. The molecule has 1 fully saturated rings. The summed E-state index contributed by atoms with van der Waals surface area (Å²) in [6.07, 6.45) is -2.92. The van der Waals surface area contributed by atoms with Crippen LogP contribution in [0.1, 0.15) is 29.8 Å². The van der Waals surface area contributed by atoms with Gasteiger partial charge in [-0.15, -0.1) is 0 Å². The van der Waals surface area contributed by atoms with Crippen molar-refractivity contribution in [1.82, 2.24) is 14.5 Å². The van der Waals surface area contributed by atoms with Crippen LogP contribution in [0.4, 0.5) is 13.2 Å². The molecule has 124 valence electrons. The van der Waals surface area contributed by atoms with Gasteiger partial charge in [0.05, 0.1) is 25.0 Å². The molecule has 6 nitrogen and oxygen atoms in total. The number of nitrogens with one attached hydrogen (secondary N) is 1. The van der Waals surface area contributed by atoms with Gasteiger partial charge in [-0.1, -0.05) is 0 Å². The minimum Gasteiger partial charge on any atom is -0.376 e. The normalized spacial score (nSPS) is 19.2. The number of hydrogen-bond donors (Lipinski definition) is 1. The summed E-state index contributed by atoms with van der Waals surface area (Å²) in [5.41, 5.74) is -0.403. The molecule has 2 aliphatic rings. The van der Waals surface area contributed by atoms with Crippen LogP contribution in [0.25, 0.3) is 0 Å². The zero-order valence-electron chi connectivity index (χ0n) is 11.7. The van der Waals surface area contributed by atoms with Crippen LogP contribution in [0.5, 0.6) is 0 Å². The monoisotopic (exact) mass is 339 g/mol. The highest BCUT2D eigenvalue weighted by molar-refractivity contribution is 7.90. The smallest absolute Gasteiger partial charge is 0.376 e. The Kier molecular flexibility index (Phi) is 3.94. The lowest BCUT2D eigenvalue weighted by molar-refractivity contribution is -0.142. The van der Waals surface area contributed by atoms with Crippen LogP contribution >= 0.6 is 0 Å². The molecule has 0 amide bonds. The molecule has 1 aliphatic heterocycles. The van der Waals surface area contributed by atoms with Gasteiger partial charge in [0.15, 0.2) is 5.69 Å². The third kappa shape index (κ3) is 3.13. The predicted molar refractivity (Wildman–Crippen MR) is 70.5 cm³/mol. The summed E-state index contributed by atoms with van der Waals surface area (Å²) in [5, 5.41) is 3.27. The Balaban J connectivity index is 1.74. The molecule has 1 aliphatic carbocycles. The molecule has 1 N–H and O–H groups in total. The summed E-state index contributed by atoms with van der Waals surface area (Å²) in [6, 6.07) is 0. The van der Waals surface area contributed by atoms with Crippen LogP contribution in [0.2, 0.25) is 0 Å². The number of rotatable bonds is 5. The van der Waals surface area contributed by atoms with Crippen LogP contribution in [0.15, 0.2) is 0 Å². The summed E-state index contributed by atoms with van der Waals surface area (Å²) < 4.78 is 71.1. The quantitative estimate of drug-likeness (QED) is 0.870. The molecule has 0 atom stereocenters. The molecule has 0 bridgehead atoms. The van der Waals surface area contributed by atoms with Gasteiger partial charge in [0.25, 0.3) is 0 Å². The van der Waals surface area contributed by atoms with E-state index >= 15 is 0 Å². The molecule has 10 heteroatoms. The summed E-state index contributed by atoms with van der Waals surface area (Å²) >= 11 is 0. The van der Waals surface area contributed by atoms with Gasteiger partial charge in [-0.05, 0) is 12.8 Å². The Hall–Kier alpha value is -1.13. The number of alkyl halides is 3. The van der Waals surface area contributed by atoms with Gasteiger partial charge in [0.2, 0.25) is 10.0 Å². The lowest BCUT2D eigenvalue weighted by Crippen LogP contribution is -2.31. The van der Waals surface area contributed by atoms with Crippen LogP contribution in [0, 0.1) is 0 Å². The van der Waals surface area contributed by atoms with E-state index < -0.39 is 21.9 Å². The van der Waals surface area contributed by atoms with Gasteiger partial charge in [-0.2, -0.15) is 18.3 Å². The fourth-order valence-corrected chi connectivity index (χ4v) is 3.88. The maximum Gasteiger partial charge on any atom is 0.435 e. The van der Waals surface area contributed by atoms with Gasteiger partial charge in [-0.3, -0.25) is 4.68 Å². The van der Waals surface area contributed by atoms with Gasteiger partial charge in [0, 0.05) is 24.2 Å². The van der Waals surface area contributed by atoms with Crippen LogP contribution in [-0.2, 0) is 40.5 Å². The van der Waals surface area contributed by atoms with Crippen molar-refractivity contribution in [2.24, 2.45) is 0 Å². The first-order valence-corrected chi connectivity index (χ1v) is 8.55. The van der Waals surface area contributed by atoms with Crippen LogP contribution < -0.4 is 4.72 Å². The van der Waals surface area contributed by atoms with Gasteiger partial charge < -0.3 is 4.74 Å². The Labute approximate surface area is 125 Å². The number of aromatic nitrogens is 2. The largest absolute Gasteiger partial charge is 0.435 e. The molecule has 1 aromatic rings. The number of nitrogens with zero attached hydrogens (tertiary/aromatic N) is 2. The molecule has 3 rings (SSSR count). The van der Waals surface area contributed by atoms with Crippen molar-refractivity contribution in [3.05, 3.63) is 17.0 Å². The standard InChI is InChI=1S/C12H16F3N3O3S/c13-12(14,15)11-9-7-21-6-3-10(9)18(17-11)5-4-16-22(19,20)8-1-2-8/h8,16H,1-7H2. The molecule has 1 saturated carbocycles. The SMILES string of the molecule is O=S(=O)(NCCn1nc(C(F)(F)F)c2c1CCOC2)C1CC1. The van der Waals surface area contributed by atoms with Gasteiger partial charge in [0.1, 0.15) is 0 Å². The average Bonchev–Trinajstić information content (AvgIpc) is 3.22. The first-order chi connectivity index (χ1) is 10.3. The number of fused-ring (bicyclic) bond motifs is 1. The maximum atomic E-state index is 13.0. The third-order valence-electron chi connectivity index (χ3n) is 3.75. The zero-order chi connectivity index (χ0) is 16.0. The topological polar surface area (TPSA) is 73.2 Å². The molecule has 1 aromatic heterocycles. The second kappa shape index (κ2) is 5.50. The van der Waals surface area contributed by atoms with Crippen molar-refractivity contribution in [1.29, 1.82) is 0 Å². The first kappa shape index (κ1) is 15.8. The fraction of sp³-hybridized carbons (Fsp3) is 0.750. The minimum atomic E-state index is -4.54. The highest BCUT2D eigenvalue weighted by atomic mass is 32.2. The molecule has 0 saturated heterocycles. The van der Waals surface area contributed by atoms with Crippen molar-refractivity contribution in [3.8, 4) is 0 Å². The van der Waals surface area contributed by atoms with Crippen molar-refractivity contribution < 1.29 is 26.3 Å². The van der Waals surface area contributed by atoms with Crippen LogP contribution in [0.3, 0.4) is 0 Å². The maximum absolute atomic E-state index is 13.0. The van der Waals surface area contributed by atoms with E-state index in [1.165, 1.54) is 4.68 Å². The molecule has 0 spiro atoms. The predicted octanol–water partition coefficient (Wildman–Crippen LogP) is 1.06. The number of hydrogen-bond acceptors (Lipinski definition) is 4. The summed E-state index contributed by atoms with van der Waals surface area (Å²) in [7, 11) is -3.34. The summed E-state index contributed by atoms with van der Waals surface area (Å²) in [5.74, 6) is 0. The highest BCUT2D eigenvalue weighted by Gasteiger charge is 2.40. The van der Waals surface area contributed by atoms with E-state index in [0.717, 1.165) is 0 Å². The van der Waals surface area contributed by atoms with E-state index in [1.807, 2.05) is 0 Å². The van der Waals surface area contributed by atoms with Crippen LogP contribution in [-0.4, -0.2) is 36.6 Å². The second-order valence-electron chi connectivity index (χ2n) is 5.44. The summed E-state index contributed by atoms with van der Waals surface area (Å²) in [4.78, 5) is 0. The molecule has 0 radical (unpaired) electrons. The lowest BCUT2D eigenvalue weighted by atomic mass is 10.1. The molecule has 0 aromatic carbocycles. The van der Waals surface area contributed by atoms with Crippen molar-refractivity contribution in [2.75, 3.05) is 13.2 Å². The van der Waals surface area contributed by atoms with Gasteiger partial charge in [-0.25, -0.2) is 13.1 Å². The van der Waals surface area contributed by atoms with Gasteiger partial charge >= 0.3 is 6.18 Å². The van der Waals surface area contributed by atoms with Crippen molar-refractivity contribution in [3.63, 3.8) is 0 Å². The number of sulfonamides is 1. The summed E-state index contributed by atoms with van der Waals surface area (Å²) in [6.45, 7) is 0.331.